The molecule has 1 aliphatic heterocycles. The van der Waals surface area contributed by atoms with Crippen LogP contribution in [0, 0.1) is 19.8 Å². The Bertz CT molecular complexity index is 552. The second-order valence-corrected chi connectivity index (χ2v) is 7.28. The fourth-order valence-electron chi connectivity index (χ4n) is 4.02. The van der Waals surface area contributed by atoms with Crippen molar-refractivity contribution in [2.45, 2.75) is 52.5 Å². The van der Waals surface area contributed by atoms with Gasteiger partial charge >= 0.3 is 0 Å². The molecule has 0 bridgehead atoms. The Labute approximate surface area is 139 Å². The van der Waals surface area contributed by atoms with Crippen LogP contribution in [-0.2, 0) is 18.4 Å². The lowest BCUT2D eigenvalue weighted by Crippen LogP contribution is -2.48. The van der Waals surface area contributed by atoms with Gasteiger partial charge in [0.1, 0.15) is 0 Å². The van der Waals surface area contributed by atoms with Crippen LogP contribution < -0.4 is 0 Å². The second-order valence-electron chi connectivity index (χ2n) is 7.28. The Balaban J connectivity index is 1.49. The Morgan fingerprint density at radius 3 is 2.35 bits per heavy atom. The van der Waals surface area contributed by atoms with Gasteiger partial charge in [0.15, 0.2) is 0 Å². The van der Waals surface area contributed by atoms with E-state index in [1.807, 2.05) is 11.7 Å². The number of piperazine rings is 1. The first-order valence-electron chi connectivity index (χ1n) is 9.04. The van der Waals surface area contributed by atoms with Crippen molar-refractivity contribution in [2.24, 2.45) is 13.0 Å². The van der Waals surface area contributed by atoms with Gasteiger partial charge in [0.05, 0.1) is 5.69 Å². The van der Waals surface area contributed by atoms with Gasteiger partial charge in [0.2, 0.25) is 5.91 Å². The summed E-state index contributed by atoms with van der Waals surface area (Å²) in [5.74, 6) is 1.03. The van der Waals surface area contributed by atoms with Crippen LogP contribution in [0.2, 0.25) is 0 Å². The van der Waals surface area contributed by atoms with E-state index in [4.69, 9.17) is 0 Å². The number of rotatable bonds is 4. The summed E-state index contributed by atoms with van der Waals surface area (Å²) in [5, 5.41) is 4.50. The molecule has 0 spiro atoms. The van der Waals surface area contributed by atoms with Crippen LogP contribution in [0.1, 0.15) is 49.1 Å². The SMILES string of the molecule is Cc1nn(C)c(C)c1CN1CCN(C(=O)CC2CCCC2)CC1. The molecule has 1 amide bonds. The highest BCUT2D eigenvalue weighted by molar-refractivity contribution is 5.76. The van der Waals surface area contributed by atoms with Gasteiger partial charge in [0.25, 0.3) is 0 Å². The largest absolute Gasteiger partial charge is 0.340 e. The molecule has 5 nitrogen and oxygen atoms in total. The summed E-state index contributed by atoms with van der Waals surface area (Å²) in [6.07, 6.45) is 5.92. The Morgan fingerprint density at radius 2 is 1.78 bits per heavy atom. The quantitative estimate of drug-likeness (QED) is 0.855. The zero-order chi connectivity index (χ0) is 16.4. The van der Waals surface area contributed by atoms with Crippen molar-refractivity contribution in [3.8, 4) is 0 Å². The van der Waals surface area contributed by atoms with E-state index in [1.54, 1.807) is 0 Å². The van der Waals surface area contributed by atoms with E-state index in [2.05, 4.69) is 28.7 Å². The molecule has 23 heavy (non-hydrogen) atoms. The highest BCUT2D eigenvalue weighted by Crippen LogP contribution is 2.28. The maximum Gasteiger partial charge on any atom is 0.222 e. The number of aryl methyl sites for hydroxylation is 2. The van der Waals surface area contributed by atoms with Gasteiger partial charge in [-0.1, -0.05) is 12.8 Å². The molecule has 1 aromatic rings. The number of amides is 1. The van der Waals surface area contributed by atoms with Gasteiger partial charge in [-0.2, -0.15) is 5.10 Å². The zero-order valence-corrected chi connectivity index (χ0v) is 14.8. The van der Waals surface area contributed by atoms with Gasteiger partial charge in [-0.05, 0) is 32.6 Å². The lowest BCUT2D eigenvalue weighted by Gasteiger charge is -2.35. The molecule has 0 atom stereocenters. The molecule has 1 saturated heterocycles. The van der Waals surface area contributed by atoms with Crippen molar-refractivity contribution in [1.82, 2.24) is 19.6 Å². The number of carbonyl (C=O) groups excluding carboxylic acids is 1. The topological polar surface area (TPSA) is 41.4 Å². The van der Waals surface area contributed by atoms with E-state index in [0.29, 0.717) is 11.8 Å². The summed E-state index contributed by atoms with van der Waals surface area (Å²) in [5.41, 5.74) is 3.73. The van der Waals surface area contributed by atoms with Crippen molar-refractivity contribution in [3.05, 3.63) is 17.0 Å². The summed E-state index contributed by atoms with van der Waals surface area (Å²) in [4.78, 5) is 17.0. The average Bonchev–Trinajstić information content (AvgIpc) is 3.12. The van der Waals surface area contributed by atoms with E-state index >= 15 is 0 Å². The maximum absolute atomic E-state index is 12.4. The minimum atomic E-state index is 0.380. The molecular formula is C18H30N4O. The van der Waals surface area contributed by atoms with Crippen LogP contribution in [0.4, 0.5) is 0 Å². The normalized spacial score (nSPS) is 20.4. The first-order chi connectivity index (χ1) is 11.0. The van der Waals surface area contributed by atoms with Crippen molar-refractivity contribution < 1.29 is 4.79 Å². The predicted molar refractivity (Wildman–Crippen MR) is 91.1 cm³/mol. The minimum Gasteiger partial charge on any atom is -0.340 e. The summed E-state index contributed by atoms with van der Waals surface area (Å²) in [7, 11) is 2.01. The molecule has 2 aliphatic rings. The van der Waals surface area contributed by atoms with Crippen molar-refractivity contribution in [2.75, 3.05) is 26.2 Å². The van der Waals surface area contributed by atoms with Crippen molar-refractivity contribution >= 4 is 5.91 Å². The molecule has 3 rings (SSSR count). The Kier molecular flexibility index (Phi) is 5.05. The summed E-state index contributed by atoms with van der Waals surface area (Å²) >= 11 is 0. The fraction of sp³-hybridized carbons (Fsp3) is 0.778. The molecule has 1 aromatic heterocycles. The molecule has 5 heteroatoms. The standard InChI is InChI=1S/C18H30N4O/c1-14-17(15(2)20(3)19-14)13-21-8-10-22(11-9-21)18(23)12-16-6-4-5-7-16/h16H,4-13H2,1-3H3. The van der Waals surface area contributed by atoms with Gasteiger partial charge in [-0.3, -0.25) is 14.4 Å². The first-order valence-corrected chi connectivity index (χ1v) is 9.04. The van der Waals surface area contributed by atoms with Gasteiger partial charge in [-0.25, -0.2) is 0 Å². The third-order valence-electron chi connectivity index (χ3n) is 5.70. The van der Waals surface area contributed by atoms with Gasteiger partial charge in [-0.15, -0.1) is 0 Å². The van der Waals surface area contributed by atoms with Gasteiger partial charge in [0, 0.05) is 57.4 Å². The average molecular weight is 318 g/mol. The molecule has 0 radical (unpaired) electrons. The van der Waals surface area contributed by atoms with E-state index < -0.39 is 0 Å². The van der Waals surface area contributed by atoms with E-state index in [9.17, 15) is 4.79 Å². The van der Waals surface area contributed by atoms with Crippen molar-refractivity contribution in [3.63, 3.8) is 0 Å². The molecule has 2 heterocycles. The number of nitrogens with zero attached hydrogens (tertiary/aromatic N) is 4. The van der Waals surface area contributed by atoms with E-state index in [0.717, 1.165) is 44.8 Å². The fourth-order valence-corrected chi connectivity index (χ4v) is 4.02. The number of hydrogen-bond donors (Lipinski definition) is 0. The number of hydrogen-bond acceptors (Lipinski definition) is 3. The molecule has 2 fully saturated rings. The van der Waals surface area contributed by atoms with Crippen LogP contribution in [0.5, 0.6) is 0 Å². The van der Waals surface area contributed by atoms with Crippen LogP contribution in [0.25, 0.3) is 0 Å². The third-order valence-corrected chi connectivity index (χ3v) is 5.70. The zero-order valence-electron chi connectivity index (χ0n) is 14.8. The summed E-state index contributed by atoms with van der Waals surface area (Å²) in [6, 6.07) is 0. The monoisotopic (exact) mass is 318 g/mol. The van der Waals surface area contributed by atoms with Crippen LogP contribution in [-0.4, -0.2) is 51.7 Å². The lowest BCUT2D eigenvalue weighted by atomic mass is 10.0. The molecule has 0 unspecified atom stereocenters. The molecule has 0 N–H and O–H groups in total. The smallest absolute Gasteiger partial charge is 0.222 e. The lowest BCUT2D eigenvalue weighted by molar-refractivity contribution is -0.134. The maximum atomic E-state index is 12.4. The minimum absolute atomic E-state index is 0.380. The number of carbonyl (C=O) groups is 1. The van der Waals surface area contributed by atoms with Crippen molar-refractivity contribution in [1.29, 1.82) is 0 Å². The molecule has 0 aromatic carbocycles. The highest BCUT2D eigenvalue weighted by Gasteiger charge is 2.25. The molecule has 1 aliphatic carbocycles. The Morgan fingerprint density at radius 1 is 1.13 bits per heavy atom. The van der Waals surface area contributed by atoms with Gasteiger partial charge < -0.3 is 4.90 Å². The van der Waals surface area contributed by atoms with Crippen LogP contribution in [0.3, 0.4) is 0 Å². The molecular weight excluding hydrogens is 288 g/mol. The van der Waals surface area contributed by atoms with E-state index in [1.165, 1.54) is 36.9 Å². The summed E-state index contributed by atoms with van der Waals surface area (Å²) < 4.78 is 1.96. The predicted octanol–water partition coefficient (Wildman–Crippen LogP) is 2.26. The molecule has 1 saturated carbocycles. The van der Waals surface area contributed by atoms with E-state index in [-0.39, 0.29) is 0 Å². The first kappa shape index (κ1) is 16.5. The van der Waals surface area contributed by atoms with Crippen LogP contribution >= 0.6 is 0 Å². The highest BCUT2D eigenvalue weighted by atomic mass is 16.2. The number of aromatic nitrogens is 2. The van der Waals surface area contributed by atoms with Crippen LogP contribution in [0.15, 0.2) is 0 Å². The Hall–Kier alpha value is -1.36. The molecule has 128 valence electrons. The summed E-state index contributed by atoms with van der Waals surface area (Å²) in [6.45, 7) is 8.89. The third kappa shape index (κ3) is 3.77. The second kappa shape index (κ2) is 7.04.